The summed E-state index contributed by atoms with van der Waals surface area (Å²) in [6.45, 7) is 1.62. The van der Waals surface area contributed by atoms with Crippen LogP contribution in [-0.2, 0) is 11.2 Å². The third kappa shape index (κ3) is 3.22. The fourth-order valence-corrected chi connectivity index (χ4v) is 2.68. The summed E-state index contributed by atoms with van der Waals surface area (Å²) in [7, 11) is 3.22. The van der Waals surface area contributed by atoms with Crippen LogP contribution < -0.4 is 9.47 Å². The Hall–Kier alpha value is -1.75. The van der Waals surface area contributed by atoms with Crippen LogP contribution in [0.4, 0.5) is 0 Å². The zero-order chi connectivity index (χ0) is 14.5. The number of carboxylic acids is 1. The van der Waals surface area contributed by atoms with Crippen molar-refractivity contribution >= 4 is 5.97 Å². The average molecular weight is 279 g/mol. The van der Waals surface area contributed by atoms with Crippen LogP contribution in [0.25, 0.3) is 0 Å². The lowest BCUT2D eigenvalue weighted by Gasteiger charge is -2.21. The van der Waals surface area contributed by atoms with E-state index in [4.69, 9.17) is 14.6 Å². The molecule has 0 saturated carbocycles. The summed E-state index contributed by atoms with van der Waals surface area (Å²) < 4.78 is 10.5. The molecular formula is C15H21NO4. The van der Waals surface area contributed by atoms with Crippen LogP contribution in [0.2, 0.25) is 0 Å². The smallest absolute Gasteiger partial charge is 0.320 e. The van der Waals surface area contributed by atoms with Crippen molar-refractivity contribution in [3.8, 4) is 11.5 Å². The van der Waals surface area contributed by atoms with Crippen molar-refractivity contribution in [2.45, 2.75) is 25.3 Å². The van der Waals surface area contributed by atoms with E-state index >= 15 is 0 Å². The van der Waals surface area contributed by atoms with Gasteiger partial charge in [-0.25, -0.2) is 0 Å². The van der Waals surface area contributed by atoms with Crippen LogP contribution in [0.3, 0.4) is 0 Å². The zero-order valence-electron chi connectivity index (χ0n) is 12.0. The first-order valence-electron chi connectivity index (χ1n) is 6.83. The molecule has 0 bridgehead atoms. The molecule has 1 saturated heterocycles. The molecule has 20 heavy (non-hydrogen) atoms. The van der Waals surface area contributed by atoms with E-state index in [9.17, 15) is 4.79 Å². The molecule has 1 aromatic rings. The second-order valence-corrected chi connectivity index (χ2v) is 4.97. The second-order valence-electron chi connectivity index (χ2n) is 4.97. The molecule has 1 N–H and O–H groups in total. The molecule has 1 fully saturated rings. The summed E-state index contributed by atoms with van der Waals surface area (Å²) >= 11 is 0. The van der Waals surface area contributed by atoms with E-state index in [0.717, 1.165) is 37.9 Å². The maximum absolute atomic E-state index is 11.1. The lowest BCUT2D eigenvalue weighted by molar-refractivity contribution is -0.142. The number of nitrogens with zero attached hydrogens (tertiary/aromatic N) is 1. The molecule has 110 valence electrons. The number of ether oxygens (including phenoxy) is 2. The van der Waals surface area contributed by atoms with Crippen molar-refractivity contribution in [2.24, 2.45) is 0 Å². The van der Waals surface area contributed by atoms with Crippen molar-refractivity contribution in [3.05, 3.63) is 23.8 Å². The molecular weight excluding hydrogens is 258 g/mol. The molecule has 0 radical (unpaired) electrons. The van der Waals surface area contributed by atoms with E-state index in [2.05, 4.69) is 0 Å². The van der Waals surface area contributed by atoms with Crippen molar-refractivity contribution in [1.29, 1.82) is 0 Å². The number of carbonyl (C=O) groups is 1. The molecule has 5 nitrogen and oxygen atoms in total. The van der Waals surface area contributed by atoms with Crippen LogP contribution in [0.5, 0.6) is 11.5 Å². The van der Waals surface area contributed by atoms with Crippen molar-refractivity contribution < 1.29 is 19.4 Å². The number of methoxy groups -OCH3 is 2. The van der Waals surface area contributed by atoms with E-state index in [1.807, 2.05) is 23.1 Å². The molecule has 0 amide bonds. The Morgan fingerprint density at radius 2 is 2.10 bits per heavy atom. The van der Waals surface area contributed by atoms with Gasteiger partial charge in [0.15, 0.2) is 11.5 Å². The summed E-state index contributed by atoms with van der Waals surface area (Å²) in [4.78, 5) is 13.2. The lowest BCUT2D eigenvalue weighted by Crippen LogP contribution is -2.37. The molecule has 2 rings (SSSR count). The SMILES string of the molecule is COc1ccc(CCN2CCCC2C(=O)O)cc1OC. The Kier molecular flexibility index (Phi) is 4.84. The standard InChI is InChI=1S/C15H21NO4/c1-19-13-6-5-11(10-14(13)20-2)7-9-16-8-3-4-12(16)15(17)18/h5-6,10,12H,3-4,7-9H2,1-2H3,(H,17,18). The number of benzene rings is 1. The molecule has 1 aromatic carbocycles. The summed E-state index contributed by atoms with van der Waals surface area (Å²) in [5.74, 6) is 0.705. The van der Waals surface area contributed by atoms with Gasteiger partial charge in [0.25, 0.3) is 0 Å². The summed E-state index contributed by atoms with van der Waals surface area (Å²) in [6.07, 6.45) is 2.52. The Bertz CT molecular complexity index is 475. The number of likely N-dealkylation sites (tertiary alicyclic amines) is 1. The van der Waals surface area contributed by atoms with Gasteiger partial charge in [0.2, 0.25) is 0 Å². The van der Waals surface area contributed by atoms with E-state index in [1.165, 1.54) is 0 Å². The van der Waals surface area contributed by atoms with Gasteiger partial charge in [-0.1, -0.05) is 6.07 Å². The second kappa shape index (κ2) is 6.61. The van der Waals surface area contributed by atoms with Gasteiger partial charge in [-0.2, -0.15) is 0 Å². The fourth-order valence-electron chi connectivity index (χ4n) is 2.68. The van der Waals surface area contributed by atoms with Crippen LogP contribution in [0.15, 0.2) is 18.2 Å². The third-order valence-corrected chi connectivity index (χ3v) is 3.78. The van der Waals surface area contributed by atoms with Gasteiger partial charge in [0.05, 0.1) is 14.2 Å². The summed E-state index contributed by atoms with van der Waals surface area (Å²) in [5.41, 5.74) is 1.12. The van der Waals surface area contributed by atoms with Gasteiger partial charge < -0.3 is 14.6 Å². The molecule has 0 aliphatic carbocycles. The number of hydrogen-bond donors (Lipinski definition) is 1. The van der Waals surface area contributed by atoms with Crippen LogP contribution in [0, 0.1) is 0 Å². The van der Waals surface area contributed by atoms with Crippen LogP contribution in [0.1, 0.15) is 18.4 Å². The van der Waals surface area contributed by atoms with E-state index < -0.39 is 5.97 Å². The van der Waals surface area contributed by atoms with Gasteiger partial charge in [-0.3, -0.25) is 9.69 Å². The highest BCUT2D eigenvalue weighted by atomic mass is 16.5. The first kappa shape index (κ1) is 14.7. The van der Waals surface area contributed by atoms with Gasteiger partial charge in [-0.15, -0.1) is 0 Å². The van der Waals surface area contributed by atoms with E-state index in [1.54, 1.807) is 14.2 Å². The number of carboxylic acid groups (broad SMARTS) is 1. The number of rotatable bonds is 6. The van der Waals surface area contributed by atoms with Crippen molar-refractivity contribution in [3.63, 3.8) is 0 Å². The molecule has 1 heterocycles. The van der Waals surface area contributed by atoms with Gasteiger partial charge in [0.1, 0.15) is 6.04 Å². The Morgan fingerprint density at radius 3 is 2.75 bits per heavy atom. The largest absolute Gasteiger partial charge is 0.493 e. The Morgan fingerprint density at radius 1 is 1.35 bits per heavy atom. The minimum Gasteiger partial charge on any atom is -0.493 e. The predicted octanol–water partition coefficient (Wildman–Crippen LogP) is 1.80. The quantitative estimate of drug-likeness (QED) is 0.860. The highest BCUT2D eigenvalue weighted by molar-refractivity contribution is 5.73. The van der Waals surface area contributed by atoms with Gasteiger partial charge in [0, 0.05) is 6.54 Å². The highest BCUT2D eigenvalue weighted by Gasteiger charge is 2.29. The molecule has 1 atom stereocenters. The molecule has 0 aromatic heterocycles. The monoisotopic (exact) mass is 279 g/mol. The fraction of sp³-hybridized carbons (Fsp3) is 0.533. The first-order chi connectivity index (χ1) is 9.65. The maximum Gasteiger partial charge on any atom is 0.320 e. The molecule has 1 aliphatic heterocycles. The predicted molar refractivity (Wildman–Crippen MR) is 75.5 cm³/mol. The van der Waals surface area contributed by atoms with E-state index in [-0.39, 0.29) is 6.04 Å². The Balaban J connectivity index is 1.98. The normalized spacial score (nSPS) is 19.0. The first-order valence-corrected chi connectivity index (χ1v) is 6.83. The minimum atomic E-state index is -0.713. The average Bonchev–Trinajstić information content (AvgIpc) is 2.93. The summed E-state index contributed by atoms with van der Waals surface area (Å²) in [5, 5.41) is 9.15. The third-order valence-electron chi connectivity index (χ3n) is 3.78. The number of hydrogen-bond acceptors (Lipinski definition) is 4. The van der Waals surface area contributed by atoms with Crippen molar-refractivity contribution in [2.75, 3.05) is 27.3 Å². The molecule has 1 unspecified atom stereocenters. The Labute approximate surface area is 119 Å². The highest BCUT2D eigenvalue weighted by Crippen LogP contribution is 2.28. The van der Waals surface area contributed by atoms with Crippen LogP contribution in [-0.4, -0.2) is 49.3 Å². The van der Waals surface area contributed by atoms with Gasteiger partial charge >= 0.3 is 5.97 Å². The number of aliphatic carboxylic acids is 1. The van der Waals surface area contributed by atoms with E-state index in [0.29, 0.717) is 11.5 Å². The molecule has 5 heteroatoms. The van der Waals surface area contributed by atoms with Crippen molar-refractivity contribution in [1.82, 2.24) is 4.90 Å². The molecule has 0 spiro atoms. The maximum atomic E-state index is 11.1. The van der Waals surface area contributed by atoms with Gasteiger partial charge in [-0.05, 0) is 43.5 Å². The zero-order valence-corrected chi connectivity index (χ0v) is 12.0. The summed E-state index contributed by atoms with van der Waals surface area (Å²) in [6, 6.07) is 5.50. The topological polar surface area (TPSA) is 59.0 Å². The minimum absolute atomic E-state index is 0.324. The molecule has 1 aliphatic rings. The lowest BCUT2D eigenvalue weighted by atomic mass is 10.1. The van der Waals surface area contributed by atoms with Crippen LogP contribution >= 0.6 is 0 Å².